The first-order valence-electron chi connectivity index (χ1n) is 4.87. The highest BCUT2D eigenvalue weighted by molar-refractivity contribution is 5.80. The van der Waals surface area contributed by atoms with Crippen LogP contribution in [0.5, 0.6) is 5.75 Å². The summed E-state index contributed by atoms with van der Waals surface area (Å²) >= 11 is 0. The summed E-state index contributed by atoms with van der Waals surface area (Å²) in [7, 11) is 1.39. The van der Waals surface area contributed by atoms with E-state index in [0.29, 0.717) is 6.42 Å². The van der Waals surface area contributed by atoms with Crippen molar-refractivity contribution >= 4 is 11.7 Å². The van der Waals surface area contributed by atoms with Gasteiger partial charge >= 0.3 is 5.97 Å². The minimum absolute atomic E-state index is 0.242. The molecule has 80 valence electrons. The highest BCUT2D eigenvalue weighted by Gasteiger charge is 2.24. The summed E-state index contributed by atoms with van der Waals surface area (Å²) in [5, 5.41) is 12.4. The van der Waals surface area contributed by atoms with Gasteiger partial charge in [-0.25, -0.2) is 4.79 Å². The van der Waals surface area contributed by atoms with Crippen molar-refractivity contribution in [3.63, 3.8) is 0 Å². The predicted octanol–water partition coefficient (Wildman–Crippen LogP) is 1.29. The number of ether oxygens (including phenoxy) is 1. The first kappa shape index (κ1) is 9.83. The lowest BCUT2D eigenvalue weighted by molar-refractivity contribution is -0.141. The van der Waals surface area contributed by atoms with Crippen LogP contribution in [-0.4, -0.2) is 24.2 Å². The van der Waals surface area contributed by atoms with Gasteiger partial charge in [0, 0.05) is 5.69 Å². The molecule has 1 aromatic carbocycles. The van der Waals surface area contributed by atoms with Crippen molar-refractivity contribution in [3.8, 4) is 5.75 Å². The van der Waals surface area contributed by atoms with E-state index in [4.69, 9.17) is 0 Å². The van der Waals surface area contributed by atoms with Gasteiger partial charge in [0.2, 0.25) is 0 Å². The van der Waals surface area contributed by atoms with Gasteiger partial charge in [0.1, 0.15) is 11.8 Å². The van der Waals surface area contributed by atoms with E-state index in [0.717, 1.165) is 17.7 Å². The highest BCUT2D eigenvalue weighted by Crippen LogP contribution is 2.28. The van der Waals surface area contributed by atoms with Gasteiger partial charge < -0.3 is 15.2 Å². The lowest BCUT2D eigenvalue weighted by Crippen LogP contribution is -2.34. The number of phenols is 1. The number of carbonyl (C=O) groups excluding carboxylic acids is 1. The maximum atomic E-state index is 11.3. The van der Waals surface area contributed by atoms with E-state index in [9.17, 15) is 9.90 Å². The fourth-order valence-electron chi connectivity index (χ4n) is 1.81. The second-order valence-electron chi connectivity index (χ2n) is 3.60. The molecule has 0 fully saturated rings. The molecule has 1 unspecified atom stereocenters. The second-order valence-corrected chi connectivity index (χ2v) is 3.60. The molecule has 1 aliphatic heterocycles. The zero-order chi connectivity index (χ0) is 10.8. The van der Waals surface area contributed by atoms with E-state index in [2.05, 4.69) is 10.1 Å². The molecular formula is C11H13NO3. The third-order valence-corrected chi connectivity index (χ3v) is 2.61. The Balaban J connectivity index is 2.20. The van der Waals surface area contributed by atoms with Crippen LogP contribution in [0.4, 0.5) is 5.69 Å². The maximum absolute atomic E-state index is 11.3. The van der Waals surface area contributed by atoms with Gasteiger partial charge in [-0.05, 0) is 36.6 Å². The Bertz CT molecular complexity index is 389. The van der Waals surface area contributed by atoms with Crippen LogP contribution in [0, 0.1) is 0 Å². The summed E-state index contributed by atoms with van der Waals surface area (Å²) in [6, 6.07) is 4.83. The topological polar surface area (TPSA) is 58.6 Å². The minimum atomic E-state index is -0.271. The molecular weight excluding hydrogens is 194 g/mol. The third kappa shape index (κ3) is 1.88. The number of nitrogens with one attached hydrogen (secondary N) is 1. The average molecular weight is 207 g/mol. The fraction of sp³-hybridized carbons (Fsp3) is 0.364. The number of hydrogen-bond donors (Lipinski definition) is 2. The number of carbonyl (C=O) groups is 1. The SMILES string of the molecule is COC(=O)C1CCc2cc(O)ccc2N1. The molecule has 0 saturated carbocycles. The van der Waals surface area contributed by atoms with Gasteiger partial charge in [0.25, 0.3) is 0 Å². The Morgan fingerprint density at radius 1 is 1.60 bits per heavy atom. The van der Waals surface area contributed by atoms with Crippen molar-refractivity contribution in [3.05, 3.63) is 23.8 Å². The molecule has 0 bridgehead atoms. The molecule has 4 nitrogen and oxygen atoms in total. The van der Waals surface area contributed by atoms with Crippen LogP contribution in [0.1, 0.15) is 12.0 Å². The molecule has 2 N–H and O–H groups in total. The van der Waals surface area contributed by atoms with E-state index in [1.54, 1.807) is 18.2 Å². The van der Waals surface area contributed by atoms with Crippen LogP contribution >= 0.6 is 0 Å². The minimum Gasteiger partial charge on any atom is -0.508 e. The zero-order valence-electron chi connectivity index (χ0n) is 8.49. The molecule has 1 atom stereocenters. The van der Waals surface area contributed by atoms with E-state index in [1.807, 2.05) is 0 Å². The predicted molar refractivity (Wildman–Crippen MR) is 55.9 cm³/mol. The zero-order valence-corrected chi connectivity index (χ0v) is 8.49. The summed E-state index contributed by atoms with van der Waals surface area (Å²) in [6.07, 6.45) is 1.47. The first-order valence-corrected chi connectivity index (χ1v) is 4.87. The number of esters is 1. The molecule has 0 aliphatic carbocycles. The largest absolute Gasteiger partial charge is 0.508 e. The van der Waals surface area contributed by atoms with Crippen LogP contribution in [0.2, 0.25) is 0 Å². The Morgan fingerprint density at radius 2 is 2.40 bits per heavy atom. The smallest absolute Gasteiger partial charge is 0.328 e. The van der Waals surface area contributed by atoms with Gasteiger partial charge in [-0.15, -0.1) is 0 Å². The third-order valence-electron chi connectivity index (χ3n) is 2.61. The lowest BCUT2D eigenvalue weighted by atomic mass is 9.98. The molecule has 0 radical (unpaired) electrons. The van der Waals surface area contributed by atoms with Gasteiger partial charge in [-0.1, -0.05) is 0 Å². The number of aryl methyl sites for hydroxylation is 1. The first-order chi connectivity index (χ1) is 7.20. The van der Waals surface area contributed by atoms with Gasteiger partial charge in [0.05, 0.1) is 7.11 Å². The van der Waals surface area contributed by atoms with Gasteiger partial charge in [-0.2, -0.15) is 0 Å². The van der Waals surface area contributed by atoms with E-state index in [-0.39, 0.29) is 17.8 Å². The molecule has 0 aromatic heterocycles. The Hall–Kier alpha value is -1.71. The number of phenolic OH excluding ortho intramolecular Hbond substituents is 1. The molecule has 0 saturated heterocycles. The fourth-order valence-corrected chi connectivity index (χ4v) is 1.81. The van der Waals surface area contributed by atoms with E-state index < -0.39 is 0 Å². The molecule has 2 rings (SSSR count). The highest BCUT2D eigenvalue weighted by atomic mass is 16.5. The Kier molecular flexibility index (Phi) is 2.49. The van der Waals surface area contributed by atoms with Crippen molar-refractivity contribution in [1.82, 2.24) is 0 Å². The summed E-state index contributed by atoms with van der Waals surface area (Å²) < 4.78 is 4.68. The average Bonchev–Trinajstić information content (AvgIpc) is 2.27. The number of methoxy groups -OCH3 is 1. The molecule has 4 heteroatoms. The van der Waals surface area contributed by atoms with Crippen molar-refractivity contribution in [2.45, 2.75) is 18.9 Å². The van der Waals surface area contributed by atoms with Crippen molar-refractivity contribution in [2.75, 3.05) is 12.4 Å². The summed E-state index contributed by atoms with van der Waals surface area (Å²) in [6.45, 7) is 0. The summed E-state index contributed by atoms with van der Waals surface area (Å²) in [5.41, 5.74) is 1.93. The summed E-state index contributed by atoms with van der Waals surface area (Å²) in [4.78, 5) is 11.3. The van der Waals surface area contributed by atoms with E-state index in [1.165, 1.54) is 7.11 Å². The number of hydrogen-bond acceptors (Lipinski definition) is 4. The molecule has 0 spiro atoms. The van der Waals surface area contributed by atoms with Crippen molar-refractivity contribution < 1.29 is 14.6 Å². The van der Waals surface area contributed by atoms with Crippen molar-refractivity contribution in [1.29, 1.82) is 0 Å². The van der Waals surface area contributed by atoms with Gasteiger partial charge in [0.15, 0.2) is 0 Å². The molecule has 1 heterocycles. The van der Waals surface area contributed by atoms with Crippen LogP contribution in [0.25, 0.3) is 0 Å². The van der Waals surface area contributed by atoms with Crippen molar-refractivity contribution in [2.24, 2.45) is 0 Å². The molecule has 15 heavy (non-hydrogen) atoms. The lowest BCUT2D eigenvalue weighted by Gasteiger charge is -2.25. The van der Waals surface area contributed by atoms with Crippen LogP contribution in [0.3, 0.4) is 0 Å². The quantitative estimate of drug-likeness (QED) is 0.538. The Labute approximate surface area is 87.9 Å². The maximum Gasteiger partial charge on any atom is 0.328 e. The number of aromatic hydroxyl groups is 1. The normalized spacial score (nSPS) is 18.9. The molecule has 1 aromatic rings. The standard InChI is InChI=1S/C11H13NO3/c1-15-11(14)10-4-2-7-6-8(13)3-5-9(7)12-10/h3,5-6,10,12-13H,2,4H2,1H3. The monoisotopic (exact) mass is 207 g/mol. The summed E-state index contributed by atoms with van der Waals surface area (Å²) in [5.74, 6) is 0.0146. The van der Waals surface area contributed by atoms with E-state index >= 15 is 0 Å². The Morgan fingerprint density at radius 3 is 3.13 bits per heavy atom. The molecule has 1 aliphatic rings. The van der Waals surface area contributed by atoms with Crippen LogP contribution < -0.4 is 5.32 Å². The van der Waals surface area contributed by atoms with Crippen LogP contribution in [0.15, 0.2) is 18.2 Å². The number of rotatable bonds is 1. The number of anilines is 1. The number of benzene rings is 1. The number of fused-ring (bicyclic) bond motifs is 1. The molecule has 0 amide bonds. The second kappa shape index (κ2) is 3.81. The van der Waals surface area contributed by atoms with Crippen LogP contribution in [-0.2, 0) is 16.0 Å². The van der Waals surface area contributed by atoms with Gasteiger partial charge in [-0.3, -0.25) is 0 Å².